The fraction of sp³-hybridized carbons (Fsp3) is 0.333. The Balaban J connectivity index is 2.63. The van der Waals surface area contributed by atoms with Gasteiger partial charge in [-0.1, -0.05) is 24.6 Å². The van der Waals surface area contributed by atoms with Crippen LogP contribution in [0.25, 0.3) is 5.69 Å². The van der Waals surface area contributed by atoms with Crippen molar-refractivity contribution in [3.63, 3.8) is 0 Å². The Hall–Kier alpha value is -2.10. The third kappa shape index (κ3) is 2.38. The first kappa shape index (κ1) is 13.3. The molecule has 4 nitrogen and oxygen atoms in total. The molecular weight excluding hydrogens is 240 g/mol. The van der Waals surface area contributed by atoms with Crippen molar-refractivity contribution in [2.24, 2.45) is 0 Å². The maximum Gasteiger partial charge on any atom is 0.339 e. The quantitative estimate of drug-likeness (QED) is 0.920. The predicted octanol–water partition coefficient (Wildman–Crippen LogP) is 3.06. The first-order valence-electron chi connectivity index (χ1n) is 6.34. The Bertz CT molecular complexity index is 619. The molecule has 0 bridgehead atoms. The molecule has 0 fully saturated rings. The number of carboxylic acid groups (broad SMARTS) is 1. The zero-order chi connectivity index (χ0) is 14.2. The number of hydrogen-bond acceptors (Lipinski definition) is 2. The van der Waals surface area contributed by atoms with E-state index in [1.165, 1.54) is 5.56 Å². The standard InChI is InChI=1S/C15H18N2O2/c1-5-13-12(15(18)19)8-17(16-13)14-10(3)6-9(2)7-11(14)4/h6-8H,5H2,1-4H3,(H,18,19). The van der Waals surface area contributed by atoms with Gasteiger partial charge in [-0.15, -0.1) is 0 Å². The average Bonchev–Trinajstić information content (AvgIpc) is 2.71. The Morgan fingerprint density at radius 1 is 1.26 bits per heavy atom. The Morgan fingerprint density at radius 3 is 2.26 bits per heavy atom. The molecule has 19 heavy (non-hydrogen) atoms. The van der Waals surface area contributed by atoms with Gasteiger partial charge in [0.15, 0.2) is 0 Å². The van der Waals surface area contributed by atoms with E-state index in [9.17, 15) is 9.90 Å². The van der Waals surface area contributed by atoms with E-state index < -0.39 is 5.97 Å². The third-order valence-electron chi connectivity index (χ3n) is 3.22. The number of carboxylic acids is 1. The number of aryl methyl sites for hydroxylation is 4. The van der Waals surface area contributed by atoms with Gasteiger partial charge in [-0.25, -0.2) is 9.48 Å². The highest BCUT2D eigenvalue weighted by Crippen LogP contribution is 2.22. The fourth-order valence-corrected chi connectivity index (χ4v) is 2.50. The van der Waals surface area contributed by atoms with Crippen LogP contribution in [0, 0.1) is 20.8 Å². The Morgan fingerprint density at radius 2 is 1.84 bits per heavy atom. The Labute approximate surface area is 112 Å². The van der Waals surface area contributed by atoms with Crippen LogP contribution in [-0.4, -0.2) is 20.9 Å². The highest BCUT2D eigenvalue weighted by atomic mass is 16.4. The lowest BCUT2D eigenvalue weighted by atomic mass is 10.1. The van der Waals surface area contributed by atoms with Crippen molar-refractivity contribution in [3.05, 3.63) is 46.3 Å². The summed E-state index contributed by atoms with van der Waals surface area (Å²) < 4.78 is 1.69. The summed E-state index contributed by atoms with van der Waals surface area (Å²) in [6.45, 7) is 7.99. The molecule has 0 spiro atoms. The van der Waals surface area contributed by atoms with Crippen LogP contribution < -0.4 is 0 Å². The molecule has 0 aliphatic heterocycles. The molecule has 100 valence electrons. The van der Waals surface area contributed by atoms with Crippen LogP contribution in [-0.2, 0) is 6.42 Å². The number of aromatic carboxylic acids is 1. The lowest BCUT2D eigenvalue weighted by Crippen LogP contribution is -2.02. The van der Waals surface area contributed by atoms with Crippen molar-refractivity contribution in [1.82, 2.24) is 9.78 Å². The molecule has 0 radical (unpaired) electrons. The average molecular weight is 258 g/mol. The van der Waals surface area contributed by atoms with Crippen molar-refractivity contribution in [2.75, 3.05) is 0 Å². The molecule has 2 aromatic rings. The number of nitrogens with zero attached hydrogens (tertiary/aromatic N) is 2. The smallest absolute Gasteiger partial charge is 0.339 e. The summed E-state index contributed by atoms with van der Waals surface area (Å²) in [4.78, 5) is 11.2. The molecule has 0 aliphatic rings. The molecule has 1 aromatic heterocycles. The van der Waals surface area contributed by atoms with E-state index >= 15 is 0 Å². The molecule has 0 saturated carbocycles. The third-order valence-corrected chi connectivity index (χ3v) is 3.22. The summed E-state index contributed by atoms with van der Waals surface area (Å²) >= 11 is 0. The van der Waals surface area contributed by atoms with E-state index in [2.05, 4.69) is 17.2 Å². The van der Waals surface area contributed by atoms with Gasteiger partial charge < -0.3 is 5.11 Å². The van der Waals surface area contributed by atoms with Gasteiger partial charge in [-0.05, 0) is 38.3 Å². The monoisotopic (exact) mass is 258 g/mol. The number of carbonyl (C=O) groups is 1. The van der Waals surface area contributed by atoms with Gasteiger partial charge in [-0.3, -0.25) is 0 Å². The lowest BCUT2D eigenvalue weighted by Gasteiger charge is -2.11. The second-order valence-corrected chi connectivity index (χ2v) is 4.84. The molecule has 0 amide bonds. The van der Waals surface area contributed by atoms with Crippen LogP contribution in [0.5, 0.6) is 0 Å². The molecular formula is C15H18N2O2. The molecule has 1 heterocycles. The summed E-state index contributed by atoms with van der Waals surface area (Å²) in [5, 5.41) is 13.6. The van der Waals surface area contributed by atoms with E-state index in [1.807, 2.05) is 27.7 Å². The van der Waals surface area contributed by atoms with Crippen LogP contribution in [0.2, 0.25) is 0 Å². The fourth-order valence-electron chi connectivity index (χ4n) is 2.50. The predicted molar refractivity (Wildman–Crippen MR) is 74.1 cm³/mol. The first-order chi connectivity index (χ1) is 8.93. The van der Waals surface area contributed by atoms with E-state index in [0.29, 0.717) is 12.1 Å². The zero-order valence-electron chi connectivity index (χ0n) is 11.7. The number of aromatic nitrogens is 2. The van der Waals surface area contributed by atoms with Crippen molar-refractivity contribution in [2.45, 2.75) is 34.1 Å². The largest absolute Gasteiger partial charge is 0.478 e. The minimum Gasteiger partial charge on any atom is -0.478 e. The van der Waals surface area contributed by atoms with Gasteiger partial charge in [0.05, 0.1) is 11.4 Å². The second kappa shape index (κ2) is 4.88. The van der Waals surface area contributed by atoms with Crippen LogP contribution in [0.3, 0.4) is 0 Å². The topological polar surface area (TPSA) is 55.1 Å². The minimum absolute atomic E-state index is 0.280. The van der Waals surface area contributed by atoms with Gasteiger partial charge in [0.1, 0.15) is 5.56 Å². The van der Waals surface area contributed by atoms with E-state index in [1.54, 1.807) is 10.9 Å². The highest BCUT2D eigenvalue weighted by molar-refractivity contribution is 5.88. The minimum atomic E-state index is -0.925. The maximum absolute atomic E-state index is 11.2. The van der Waals surface area contributed by atoms with Crippen molar-refractivity contribution in [3.8, 4) is 5.69 Å². The van der Waals surface area contributed by atoms with Gasteiger partial charge >= 0.3 is 5.97 Å². The van der Waals surface area contributed by atoms with Gasteiger partial charge in [0.25, 0.3) is 0 Å². The molecule has 0 atom stereocenters. The first-order valence-corrected chi connectivity index (χ1v) is 6.34. The lowest BCUT2D eigenvalue weighted by molar-refractivity contribution is 0.0695. The van der Waals surface area contributed by atoms with Gasteiger partial charge in [0.2, 0.25) is 0 Å². The number of rotatable bonds is 3. The molecule has 0 saturated heterocycles. The number of hydrogen-bond donors (Lipinski definition) is 1. The molecule has 1 aromatic carbocycles. The van der Waals surface area contributed by atoms with Crippen LogP contribution in [0.15, 0.2) is 18.3 Å². The van der Waals surface area contributed by atoms with E-state index in [4.69, 9.17) is 0 Å². The normalized spacial score (nSPS) is 10.7. The number of benzene rings is 1. The molecule has 4 heteroatoms. The SMILES string of the molecule is CCc1nn(-c2c(C)cc(C)cc2C)cc1C(=O)O. The van der Waals surface area contributed by atoms with Gasteiger partial charge in [-0.2, -0.15) is 5.10 Å². The van der Waals surface area contributed by atoms with Crippen molar-refractivity contribution in [1.29, 1.82) is 0 Å². The summed E-state index contributed by atoms with van der Waals surface area (Å²) in [5.74, 6) is -0.925. The van der Waals surface area contributed by atoms with E-state index in [0.717, 1.165) is 16.8 Å². The van der Waals surface area contributed by atoms with Crippen molar-refractivity contribution < 1.29 is 9.90 Å². The van der Waals surface area contributed by atoms with Gasteiger partial charge in [0, 0.05) is 6.20 Å². The Kier molecular flexibility index (Phi) is 3.42. The maximum atomic E-state index is 11.2. The van der Waals surface area contributed by atoms with E-state index in [-0.39, 0.29) is 5.56 Å². The van der Waals surface area contributed by atoms with Crippen molar-refractivity contribution >= 4 is 5.97 Å². The second-order valence-electron chi connectivity index (χ2n) is 4.84. The summed E-state index contributed by atoms with van der Waals surface area (Å²) in [7, 11) is 0. The van der Waals surface area contributed by atoms with Crippen LogP contribution >= 0.6 is 0 Å². The summed E-state index contributed by atoms with van der Waals surface area (Å²) in [5.41, 5.74) is 5.25. The molecule has 0 aliphatic carbocycles. The van der Waals surface area contributed by atoms with Crippen LogP contribution in [0.4, 0.5) is 0 Å². The van der Waals surface area contributed by atoms with Crippen LogP contribution in [0.1, 0.15) is 39.7 Å². The molecule has 2 rings (SSSR count). The zero-order valence-corrected chi connectivity index (χ0v) is 11.7. The summed E-state index contributed by atoms with van der Waals surface area (Å²) in [6, 6.07) is 4.16. The summed E-state index contributed by atoms with van der Waals surface area (Å²) in [6.07, 6.45) is 2.21. The molecule has 0 unspecified atom stereocenters. The highest BCUT2D eigenvalue weighted by Gasteiger charge is 2.16. The molecule has 1 N–H and O–H groups in total.